The molecule has 2 bridgehead atoms. The number of allylic oxidation sites excluding steroid dienone is 1. The van der Waals surface area contributed by atoms with Gasteiger partial charge < -0.3 is 5.11 Å². The lowest BCUT2D eigenvalue weighted by atomic mass is 9.50. The molecule has 1 heteroatoms. The Morgan fingerprint density at radius 3 is 2.40 bits per heavy atom. The summed E-state index contributed by atoms with van der Waals surface area (Å²) in [6.07, 6.45) is 5.15. The zero-order valence-corrected chi connectivity index (χ0v) is 6.54. The minimum Gasteiger partial charge on any atom is -0.389 e. The summed E-state index contributed by atoms with van der Waals surface area (Å²) in [5.41, 5.74) is 0.369. The van der Waals surface area contributed by atoms with E-state index in [1.807, 2.05) is 6.08 Å². The van der Waals surface area contributed by atoms with Gasteiger partial charge in [-0.3, -0.25) is 0 Å². The Kier molecular flexibility index (Phi) is 1.06. The molecule has 3 aliphatic carbocycles. The van der Waals surface area contributed by atoms with E-state index in [4.69, 9.17) is 0 Å². The van der Waals surface area contributed by atoms with Crippen molar-refractivity contribution in [2.75, 3.05) is 0 Å². The van der Waals surface area contributed by atoms with Gasteiger partial charge in [0.2, 0.25) is 0 Å². The molecule has 56 valence electrons. The van der Waals surface area contributed by atoms with Crippen LogP contribution in [0, 0.1) is 17.3 Å². The molecule has 0 amide bonds. The summed E-state index contributed by atoms with van der Waals surface area (Å²) in [6, 6.07) is 0. The van der Waals surface area contributed by atoms with Gasteiger partial charge in [-0.15, -0.1) is 0 Å². The van der Waals surface area contributed by atoms with Crippen LogP contribution in [0.3, 0.4) is 0 Å². The molecule has 1 N–H and O–H groups in total. The van der Waals surface area contributed by atoms with Gasteiger partial charge in [0.15, 0.2) is 0 Å². The van der Waals surface area contributed by atoms with E-state index in [0.717, 1.165) is 5.92 Å². The van der Waals surface area contributed by atoms with Crippen LogP contribution < -0.4 is 0 Å². The van der Waals surface area contributed by atoms with Crippen LogP contribution in [0.1, 0.15) is 20.3 Å². The van der Waals surface area contributed by atoms with Crippen molar-refractivity contribution >= 4 is 0 Å². The van der Waals surface area contributed by atoms with E-state index in [1.165, 1.54) is 6.42 Å². The van der Waals surface area contributed by atoms with Crippen LogP contribution in [0.5, 0.6) is 0 Å². The quantitative estimate of drug-likeness (QED) is 0.504. The van der Waals surface area contributed by atoms with E-state index in [1.54, 1.807) is 0 Å². The molecule has 0 radical (unpaired) electrons. The predicted octanol–water partition coefficient (Wildman–Crippen LogP) is 1.58. The van der Waals surface area contributed by atoms with Gasteiger partial charge in [-0.2, -0.15) is 0 Å². The number of hydrogen-bond acceptors (Lipinski definition) is 1. The van der Waals surface area contributed by atoms with Crippen LogP contribution in [0.25, 0.3) is 0 Å². The van der Waals surface area contributed by atoms with Gasteiger partial charge in [0, 0.05) is 0 Å². The molecule has 0 aromatic rings. The highest BCUT2D eigenvalue weighted by Crippen LogP contribution is 2.56. The first-order valence-electron chi connectivity index (χ1n) is 3.99. The van der Waals surface area contributed by atoms with Crippen LogP contribution >= 0.6 is 0 Å². The van der Waals surface area contributed by atoms with Crippen LogP contribution in [-0.4, -0.2) is 11.2 Å². The SMILES string of the molecule is CC1(C)[C@@H]2C[C@@H]1C=C[C@H]2O. The normalized spacial score (nSPS) is 48.5. The minimum atomic E-state index is -0.167. The maximum Gasteiger partial charge on any atom is 0.0754 e. The van der Waals surface area contributed by atoms with Crippen molar-refractivity contribution in [2.24, 2.45) is 17.3 Å². The van der Waals surface area contributed by atoms with E-state index in [2.05, 4.69) is 19.9 Å². The molecule has 0 unspecified atom stereocenters. The zero-order valence-electron chi connectivity index (χ0n) is 6.54. The molecule has 3 atom stereocenters. The molecule has 0 aliphatic heterocycles. The lowest BCUT2D eigenvalue weighted by molar-refractivity contribution is -0.0692. The molecule has 3 aliphatic rings. The first-order valence-corrected chi connectivity index (χ1v) is 3.99. The number of hydrogen-bond donors (Lipinski definition) is 1. The summed E-state index contributed by atoms with van der Waals surface area (Å²) in [4.78, 5) is 0. The summed E-state index contributed by atoms with van der Waals surface area (Å²) >= 11 is 0. The molecule has 1 saturated carbocycles. The highest BCUT2D eigenvalue weighted by Gasteiger charge is 2.51. The Morgan fingerprint density at radius 2 is 2.10 bits per heavy atom. The maximum absolute atomic E-state index is 9.46. The molecule has 1 nitrogen and oxygen atoms in total. The molecule has 0 heterocycles. The Bertz CT molecular complexity index is 181. The largest absolute Gasteiger partial charge is 0.389 e. The second kappa shape index (κ2) is 1.65. The third kappa shape index (κ3) is 0.567. The monoisotopic (exact) mass is 138 g/mol. The molecular formula is C9H14O. The van der Waals surface area contributed by atoms with E-state index in [9.17, 15) is 5.11 Å². The fraction of sp³-hybridized carbons (Fsp3) is 0.778. The lowest BCUT2D eigenvalue weighted by Gasteiger charge is -2.55. The molecule has 3 rings (SSSR count). The van der Waals surface area contributed by atoms with Crippen LogP contribution in [-0.2, 0) is 0 Å². The first kappa shape index (κ1) is 6.41. The van der Waals surface area contributed by atoms with E-state index in [0.29, 0.717) is 11.3 Å². The number of aliphatic hydroxyl groups is 1. The van der Waals surface area contributed by atoms with E-state index < -0.39 is 0 Å². The van der Waals surface area contributed by atoms with Crippen molar-refractivity contribution < 1.29 is 5.11 Å². The van der Waals surface area contributed by atoms with Crippen molar-refractivity contribution in [1.29, 1.82) is 0 Å². The molecule has 0 aromatic carbocycles. The summed E-state index contributed by atoms with van der Waals surface area (Å²) in [5, 5.41) is 9.46. The molecule has 1 fully saturated rings. The fourth-order valence-electron chi connectivity index (χ4n) is 2.28. The summed E-state index contributed by atoms with van der Waals surface area (Å²) in [7, 11) is 0. The lowest BCUT2D eigenvalue weighted by Crippen LogP contribution is -2.51. The van der Waals surface area contributed by atoms with Crippen molar-refractivity contribution in [2.45, 2.75) is 26.4 Å². The molecule has 0 spiro atoms. The third-order valence-electron chi connectivity index (χ3n) is 3.37. The molecule has 0 saturated heterocycles. The van der Waals surface area contributed by atoms with Gasteiger partial charge >= 0.3 is 0 Å². The first-order chi connectivity index (χ1) is 4.62. The minimum absolute atomic E-state index is 0.167. The van der Waals surface area contributed by atoms with E-state index in [-0.39, 0.29) is 6.10 Å². The van der Waals surface area contributed by atoms with Gasteiger partial charge in [0.05, 0.1) is 6.10 Å². The summed E-state index contributed by atoms with van der Waals surface area (Å²) in [6.45, 7) is 4.50. The van der Waals surface area contributed by atoms with E-state index >= 15 is 0 Å². The fourth-order valence-corrected chi connectivity index (χ4v) is 2.28. The average Bonchev–Trinajstić information content (AvgIpc) is 1.87. The Balaban J connectivity index is 2.28. The smallest absolute Gasteiger partial charge is 0.0754 e. The Hall–Kier alpha value is -0.300. The topological polar surface area (TPSA) is 20.2 Å². The third-order valence-corrected chi connectivity index (χ3v) is 3.37. The van der Waals surface area contributed by atoms with Crippen molar-refractivity contribution in [3.63, 3.8) is 0 Å². The maximum atomic E-state index is 9.46. The van der Waals surface area contributed by atoms with Crippen molar-refractivity contribution in [1.82, 2.24) is 0 Å². The van der Waals surface area contributed by atoms with Crippen LogP contribution in [0.4, 0.5) is 0 Å². The summed E-state index contributed by atoms with van der Waals surface area (Å²) < 4.78 is 0. The van der Waals surface area contributed by atoms with Crippen molar-refractivity contribution in [3.05, 3.63) is 12.2 Å². The Labute approximate surface area is 61.8 Å². The van der Waals surface area contributed by atoms with Crippen molar-refractivity contribution in [3.8, 4) is 0 Å². The molecule has 10 heavy (non-hydrogen) atoms. The number of fused-ring (bicyclic) bond motifs is 1. The predicted molar refractivity (Wildman–Crippen MR) is 40.5 cm³/mol. The number of rotatable bonds is 0. The van der Waals surface area contributed by atoms with Crippen LogP contribution in [0.15, 0.2) is 12.2 Å². The average molecular weight is 138 g/mol. The second-order valence-corrected chi connectivity index (χ2v) is 4.15. The van der Waals surface area contributed by atoms with Gasteiger partial charge in [0.25, 0.3) is 0 Å². The van der Waals surface area contributed by atoms with Gasteiger partial charge in [0.1, 0.15) is 0 Å². The molecule has 0 aromatic heterocycles. The van der Waals surface area contributed by atoms with Crippen LogP contribution in [0.2, 0.25) is 0 Å². The molecular weight excluding hydrogens is 124 g/mol. The number of aliphatic hydroxyl groups excluding tert-OH is 1. The standard InChI is InChI=1S/C9H14O/c1-9(2)6-3-4-8(10)7(9)5-6/h3-4,6-8,10H,5H2,1-2H3/t6-,7+,8+/m0/s1. The highest BCUT2D eigenvalue weighted by molar-refractivity contribution is 5.17. The van der Waals surface area contributed by atoms with Gasteiger partial charge in [-0.25, -0.2) is 0 Å². The van der Waals surface area contributed by atoms with Gasteiger partial charge in [-0.05, 0) is 23.7 Å². The second-order valence-electron chi connectivity index (χ2n) is 4.15. The Morgan fingerprint density at radius 1 is 1.40 bits per heavy atom. The summed E-state index contributed by atoms with van der Waals surface area (Å²) in [5.74, 6) is 1.27. The van der Waals surface area contributed by atoms with Gasteiger partial charge in [-0.1, -0.05) is 26.0 Å². The zero-order chi connectivity index (χ0) is 7.35. The highest BCUT2D eigenvalue weighted by atomic mass is 16.3.